The van der Waals surface area contributed by atoms with Gasteiger partial charge in [0, 0.05) is 6.42 Å². The molecule has 0 radical (unpaired) electrons. The van der Waals surface area contributed by atoms with Crippen LogP contribution in [0.1, 0.15) is 40.2 Å². The first-order valence-electron chi connectivity index (χ1n) is 7.88. The van der Waals surface area contributed by atoms with E-state index in [1.54, 1.807) is 0 Å². The van der Waals surface area contributed by atoms with Crippen molar-refractivity contribution in [3.8, 4) is 0 Å². The fraction of sp³-hybridized carbons (Fsp3) is 0.300. The minimum absolute atomic E-state index is 0.120. The van der Waals surface area contributed by atoms with Crippen molar-refractivity contribution >= 4 is 17.5 Å². The molecule has 0 aromatic heterocycles. The number of hydrogen-bond acceptors (Lipinski definition) is 2. The lowest BCUT2D eigenvalue weighted by Gasteiger charge is -2.17. The largest absolute Gasteiger partial charge is 0.274 e. The Balaban J connectivity index is 1.99. The van der Waals surface area contributed by atoms with Crippen LogP contribution in [-0.2, 0) is 9.59 Å². The smallest absolute Gasteiger partial charge is 0.241 e. The number of anilines is 1. The van der Waals surface area contributed by atoms with Crippen LogP contribution in [0.5, 0.6) is 0 Å². The van der Waals surface area contributed by atoms with Gasteiger partial charge in [-0.25, -0.2) is 4.90 Å². The van der Waals surface area contributed by atoms with E-state index in [4.69, 9.17) is 0 Å². The van der Waals surface area contributed by atoms with Crippen LogP contribution in [-0.4, -0.2) is 11.8 Å². The summed E-state index contributed by atoms with van der Waals surface area (Å²) < 4.78 is 0. The SMILES string of the molecule is Cc1cc(C)cc([C@@H]2CC(=O)N(c3cc(C)cc(C)c3)C2=O)c1. The number of rotatable bonds is 2. The first-order valence-corrected chi connectivity index (χ1v) is 7.88. The summed E-state index contributed by atoms with van der Waals surface area (Å²) in [6.07, 6.45) is 0.245. The van der Waals surface area contributed by atoms with E-state index in [0.717, 1.165) is 27.8 Å². The van der Waals surface area contributed by atoms with Gasteiger partial charge in [0.25, 0.3) is 0 Å². The molecule has 0 unspecified atom stereocenters. The predicted molar refractivity (Wildman–Crippen MR) is 91.7 cm³/mol. The van der Waals surface area contributed by atoms with Crippen LogP contribution in [0.2, 0.25) is 0 Å². The van der Waals surface area contributed by atoms with Gasteiger partial charge >= 0.3 is 0 Å². The fourth-order valence-corrected chi connectivity index (χ4v) is 3.45. The fourth-order valence-electron chi connectivity index (χ4n) is 3.45. The summed E-state index contributed by atoms with van der Waals surface area (Å²) in [5, 5.41) is 0. The molecule has 23 heavy (non-hydrogen) atoms. The van der Waals surface area contributed by atoms with Gasteiger partial charge < -0.3 is 0 Å². The van der Waals surface area contributed by atoms with Crippen LogP contribution in [0.3, 0.4) is 0 Å². The third kappa shape index (κ3) is 2.91. The molecule has 1 fully saturated rings. The molecule has 0 spiro atoms. The van der Waals surface area contributed by atoms with Crippen molar-refractivity contribution in [3.63, 3.8) is 0 Å². The molecule has 2 aromatic carbocycles. The summed E-state index contributed by atoms with van der Waals surface area (Å²) in [5.74, 6) is -0.615. The molecular weight excluding hydrogens is 286 g/mol. The Labute approximate surface area is 136 Å². The second-order valence-corrected chi connectivity index (χ2v) is 6.59. The zero-order valence-corrected chi connectivity index (χ0v) is 14.0. The summed E-state index contributed by atoms with van der Waals surface area (Å²) in [6, 6.07) is 11.9. The van der Waals surface area contributed by atoms with Crippen LogP contribution in [0.15, 0.2) is 36.4 Å². The maximum atomic E-state index is 12.9. The van der Waals surface area contributed by atoms with Gasteiger partial charge in [0.05, 0.1) is 11.6 Å². The summed E-state index contributed by atoms with van der Waals surface area (Å²) in [6.45, 7) is 7.98. The molecular formula is C20H21NO2. The van der Waals surface area contributed by atoms with Crippen molar-refractivity contribution in [1.29, 1.82) is 0 Å². The van der Waals surface area contributed by atoms with E-state index >= 15 is 0 Å². The molecule has 0 bridgehead atoms. The molecule has 0 N–H and O–H groups in total. The molecule has 1 heterocycles. The molecule has 118 valence electrons. The number of nitrogens with zero attached hydrogens (tertiary/aromatic N) is 1. The number of benzene rings is 2. The maximum absolute atomic E-state index is 12.9. The lowest BCUT2D eigenvalue weighted by atomic mass is 9.94. The molecule has 3 rings (SSSR count). The Morgan fingerprint density at radius 2 is 1.26 bits per heavy atom. The molecule has 1 aliphatic rings. The van der Waals surface area contributed by atoms with Gasteiger partial charge in [-0.15, -0.1) is 0 Å². The van der Waals surface area contributed by atoms with Crippen molar-refractivity contribution in [2.45, 2.75) is 40.0 Å². The number of carbonyl (C=O) groups is 2. The van der Waals surface area contributed by atoms with Crippen molar-refractivity contribution in [2.24, 2.45) is 0 Å². The Morgan fingerprint density at radius 1 is 0.783 bits per heavy atom. The van der Waals surface area contributed by atoms with Crippen LogP contribution in [0.4, 0.5) is 5.69 Å². The van der Waals surface area contributed by atoms with Crippen molar-refractivity contribution in [2.75, 3.05) is 4.90 Å². The van der Waals surface area contributed by atoms with E-state index in [1.165, 1.54) is 4.90 Å². The van der Waals surface area contributed by atoms with E-state index < -0.39 is 0 Å². The second-order valence-electron chi connectivity index (χ2n) is 6.59. The van der Waals surface area contributed by atoms with E-state index in [1.807, 2.05) is 58.0 Å². The monoisotopic (exact) mass is 307 g/mol. The van der Waals surface area contributed by atoms with Crippen LogP contribution in [0.25, 0.3) is 0 Å². The third-order valence-electron chi connectivity index (χ3n) is 4.26. The quantitative estimate of drug-likeness (QED) is 0.787. The minimum Gasteiger partial charge on any atom is -0.274 e. The van der Waals surface area contributed by atoms with Crippen LogP contribution < -0.4 is 4.90 Å². The molecule has 1 saturated heterocycles. The van der Waals surface area contributed by atoms with E-state index in [2.05, 4.69) is 6.07 Å². The predicted octanol–water partition coefficient (Wildman–Crippen LogP) is 3.97. The first kappa shape index (κ1) is 15.5. The highest BCUT2D eigenvalue weighted by atomic mass is 16.2. The molecule has 3 nitrogen and oxygen atoms in total. The van der Waals surface area contributed by atoms with Crippen LogP contribution >= 0.6 is 0 Å². The van der Waals surface area contributed by atoms with Crippen molar-refractivity contribution in [1.82, 2.24) is 0 Å². The molecule has 2 aromatic rings. The Morgan fingerprint density at radius 3 is 1.78 bits per heavy atom. The molecule has 1 atom stereocenters. The van der Waals surface area contributed by atoms with Gasteiger partial charge in [-0.05, 0) is 56.5 Å². The normalized spacial score (nSPS) is 17.9. The topological polar surface area (TPSA) is 37.4 Å². The lowest BCUT2D eigenvalue weighted by Crippen LogP contribution is -2.30. The highest BCUT2D eigenvalue weighted by Crippen LogP contribution is 2.34. The van der Waals surface area contributed by atoms with Crippen molar-refractivity contribution < 1.29 is 9.59 Å². The number of imide groups is 1. The highest BCUT2D eigenvalue weighted by molar-refractivity contribution is 6.22. The molecule has 2 amide bonds. The van der Waals surface area contributed by atoms with Gasteiger partial charge in [-0.1, -0.05) is 35.4 Å². The minimum atomic E-state index is -0.373. The maximum Gasteiger partial charge on any atom is 0.241 e. The molecule has 0 aliphatic carbocycles. The summed E-state index contributed by atoms with van der Waals surface area (Å²) in [7, 11) is 0. The van der Waals surface area contributed by atoms with Crippen molar-refractivity contribution in [3.05, 3.63) is 64.2 Å². The number of aryl methyl sites for hydroxylation is 4. The number of amides is 2. The average Bonchev–Trinajstić information content (AvgIpc) is 2.71. The molecule has 0 saturated carbocycles. The zero-order valence-electron chi connectivity index (χ0n) is 14.0. The summed E-state index contributed by atoms with van der Waals surface area (Å²) in [4.78, 5) is 26.7. The van der Waals surface area contributed by atoms with Gasteiger partial charge in [-0.3, -0.25) is 9.59 Å². The Hall–Kier alpha value is -2.42. The lowest BCUT2D eigenvalue weighted by molar-refractivity contribution is -0.121. The second kappa shape index (κ2) is 5.65. The zero-order chi connectivity index (χ0) is 16.7. The highest BCUT2D eigenvalue weighted by Gasteiger charge is 2.40. The summed E-state index contributed by atoms with van der Waals surface area (Å²) in [5.41, 5.74) is 5.96. The number of hydrogen-bond donors (Lipinski definition) is 0. The Bertz CT molecular complexity index is 767. The average molecular weight is 307 g/mol. The first-order chi connectivity index (χ1) is 10.8. The van der Waals surface area contributed by atoms with E-state index in [-0.39, 0.29) is 24.2 Å². The van der Waals surface area contributed by atoms with E-state index in [0.29, 0.717) is 5.69 Å². The van der Waals surface area contributed by atoms with Gasteiger partial charge in [0.15, 0.2) is 0 Å². The van der Waals surface area contributed by atoms with Gasteiger partial charge in [-0.2, -0.15) is 0 Å². The third-order valence-corrected chi connectivity index (χ3v) is 4.26. The van der Waals surface area contributed by atoms with Gasteiger partial charge in [0.1, 0.15) is 0 Å². The molecule has 3 heteroatoms. The van der Waals surface area contributed by atoms with E-state index in [9.17, 15) is 9.59 Å². The number of carbonyl (C=O) groups excluding carboxylic acids is 2. The Kier molecular flexibility index (Phi) is 3.80. The van der Waals surface area contributed by atoms with Crippen LogP contribution in [0, 0.1) is 27.7 Å². The summed E-state index contributed by atoms with van der Waals surface area (Å²) >= 11 is 0. The van der Waals surface area contributed by atoms with Gasteiger partial charge in [0.2, 0.25) is 11.8 Å². The molecule has 1 aliphatic heterocycles. The standard InChI is InChI=1S/C20H21NO2/c1-12-5-13(2)8-16(7-12)18-11-19(22)21(20(18)23)17-9-14(3)6-15(4)10-17/h5-10,18H,11H2,1-4H3/t18-/m0/s1.